The molecule has 1 saturated heterocycles. The van der Waals surface area contributed by atoms with Crippen LogP contribution in [0.2, 0.25) is 18.1 Å². The predicted octanol–water partition coefficient (Wildman–Crippen LogP) is 4.23. The number of hydrogen-bond donors (Lipinski definition) is 0. The van der Waals surface area contributed by atoms with E-state index < -0.39 is 8.32 Å². The Morgan fingerprint density at radius 2 is 1.64 bits per heavy atom. The van der Waals surface area contributed by atoms with Crippen molar-refractivity contribution in [3.8, 4) is 6.07 Å². The molecule has 0 aromatic rings. The molecule has 4 nitrogen and oxygen atoms in total. The van der Waals surface area contributed by atoms with Crippen molar-refractivity contribution in [1.82, 2.24) is 0 Å². The Balaban J connectivity index is 1.87. The first-order valence-corrected chi connectivity index (χ1v) is 11.4. The summed E-state index contributed by atoms with van der Waals surface area (Å²) in [5.41, 5.74) is -0.261. The number of nitrogens with zero attached hydrogens (tertiary/aromatic N) is 1. The fourth-order valence-electron chi connectivity index (χ4n) is 3.03. The van der Waals surface area contributed by atoms with Crippen LogP contribution in [0.3, 0.4) is 0 Å². The largest absolute Gasteiger partial charge is 0.417 e. The minimum absolute atomic E-state index is 0.217. The normalized spacial score (nSPS) is 24.4. The molecule has 2 fully saturated rings. The van der Waals surface area contributed by atoms with Crippen LogP contribution in [0, 0.1) is 16.7 Å². The van der Waals surface area contributed by atoms with Gasteiger partial charge < -0.3 is 13.9 Å². The molecular weight excluding hydrogens is 294 g/mol. The van der Waals surface area contributed by atoms with Crippen LogP contribution < -0.4 is 0 Å². The highest BCUT2D eigenvalue weighted by molar-refractivity contribution is 6.74. The van der Waals surface area contributed by atoms with E-state index in [2.05, 4.69) is 39.9 Å². The zero-order chi connectivity index (χ0) is 16.5. The van der Waals surface area contributed by atoms with Crippen LogP contribution in [0.15, 0.2) is 0 Å². The van der Waals surface area contributed by atoms with Crippen molar-refractivity contribution in [2.45, 2.75) is 76.8 Å². The quantitative estimate of drug-likeness (QED) is 0.726. The predicted molar refractivity (Wildman–Crippen MR) is 88.9 cm³/mol. The van der Waals surface area contributed by atoms with Crippen LogP contribution in [-0.4, -0.2) is 33.9 Å². The highest BCUT2D eigenvalue weighted by Gasteiger charge is 2.46. The molecule has 5 heteroatoms. The van der Waals surface area contributed by atoms with Gasteiger partial charge in [-0.05, 0) is 37.4 Å². The van der Waals surface area contributed by atoms with E-state index in [1.165, 1.54) is 0 Å². The van der Waals surface area contributed by atoms with Crippen molar-refractivity contribution in [1.29, 1.82) is 5.26 Å². The first kappa shape index (κ1) is 17.9. The summed E-state index contributed by atoms with van der Waals surface area (Å²) >= 11 is 0. The Kier molecular flexibility index (Phi) is 5.08. The molecule has 0 atom stereocenters. The average Bonchev–Trinajstić information content (AvgIpc) is 2.89. The Morgan fingerprint density at radius 1 is 1.09 bits per heavy atom. The van der Waals surface area contributed by atoms with Crippen molar-refractivity contribution >= 4 is 8.32 Å². The molecule has 1 saturated carbocycles. The fraction of sp³-hybridized carbons (Fsp3) is 0.941. The van der Waals surface area contributed by atoms with Gasteiger partial charge >= 0.3 is 0 Å². The summed E-state index contributed by atoms with van der Waals surface area (Å²) in [7, 11) is -1.73. The average molecular weight is 326 g/mol. The lowest BCUT2D eigenvalue weighted by molar-refractivity contribution is -0.188. The van der Waals surface area contributed by atoms with E-state index in [0.717, 1.165) is 32.1 Å². The molecule has 1 spiro atoms. The van der Waals surface area contributed by atoms with Crippen LogP contribution in [0.25, 0.3) is 0 Å². The van der Waals surface area contributed by atoms with Crippen molar-refractivity contribution in [3.63, 3.8) is 0 Å². The minimum atomic E-state index is -1.73. The molecule has 22 heavy (non-hydrogen) atoms. The van der Waals surface area contributed by atoms with Gasteiger partial charge in [0.05, 0.1) is 24.7 Å². The third kappa shape index (κ3) is 3.73. The fourth-order valence-corrected chi connectivity index (χ4v) is 4.08. The van der Waals surface area contributed by atoms with Gasteiger partial charge in [0.15, 0.2) is 14.1 Å². The van der Waals surface area contributed by atoms with E-state index in [9.17, 15) is 5.26 Å². The topological polar surface area (TPSA) is 51.5 Å². The summed E-state index contributed by atoms with van der Waals surface area (Å²) in [6.07, 6.45) is 4.20. The van der Waals surface area contributed by atoms with E-state index in [1.54, 1.807) is 0 Å². The zero-order valence-electron chi connectivity index (χ0n) is 14.8. The molecule has 2 aliphatic rings. The highest BCUT2D eigenvalue weighted by Crippen LogP contribution is 2.46. The second kappa shape index (κ2) is 6.24. The lowest BCUT2D eigenvalue weighted by Crippen LogP contribution is -2.43. The van der Waals surface area contributed by atoms with E-state index in [1.807, 2.05) is 0 Å². The molecule has 0 unspecified atom stereocenters. The standard InChI is InChI=1S/C17H31NO3Si/c1-15(2,3)22(4,5)21-11-10-16(14-18)6-8-17(9-7-16)19-12-13-20-17/h6-13H2,1-5H3. The number of ether oxygens (including phenoxy) is 2. The van der Waals surface area contributed by atoms with Gasteiger partial charge in [-0.3, -0.25) is 0 Å². The maximum atomic E-state index is 9.69. The van der Waals surface area contributed by atoms with Gasteiger partial charge in [-0.2, -0.15) is 5.26 Å². The number of hydrogen-bond acceptors (Lipinski definition) is 4. The van der Waals surface area contributed by atoms with Gasteiger partial charge in [0.1, 0.15) is 0 Å². The minimum Gasteiger partial charge on any atom is -0.417 e. The van der Waals surface area contributed by atoms with Gasteiger partial charge in [0, 0.05) is 19.4 Å². The van der Waals surface area contributed by atoms with Crippen LogP contribution >= 0.6 is 0 Å². The van der Waals surface area contributed by atoms with Crippen LogP contribution in [0.4, 0.5) is 0 Å². The molecule has 2 rings (SSSR count). The monoisotopic (exact) mass is 325 g/mol. The van der Waals surface area contributed by atoms with Gasteiger partial charge in [-0.25, -0.2) is 0 Å². The highest BCUT2D eigenvalue weighted by atomic mass is 28.4. The summed E-state index contributed by atoms with van der Waals surface area (Å²) in [6.45, 7) is 13.3. The maximum absolute atomic E-state index is 9.69. The van der Waals surface area contributed by atoms with Crippen molar-refractivity contribution < 1.29 is 13.9 Å². The molecule has 1 heterocycles. The van der Waals surface area contributed by atoms with Gasteiger partial charge in [0.25, 0.3) is 0 Å². The summed E-state index contributed by atoms with van der Waals surface area (Å²) < 4.78 is 17.8. The third-order valence-corrected chi connectivity index (χ3v) is 10.4. The van der Waals surface area contributed by atoms with Crippen molar-refractivity contribution in [2.75, 3.05) is 19.8 Å². The van der Waals surface area contributed by atoms with Gasteiger partial charge in [-0.1, -0.05) is 20.8 Å². The maximum Gasteiger partial charge on any atom is 0.191 e. The second-order valence-corrected chi connectivity index (χ2v) is 13.2. The van der Waals surface area contributed by atoms with Crippen LogP contribution in [0.1, 0.15) is 52.9 Å². The van der Waals surface area contributed by atoms with E-state index >= 15 is 0 Å². The smallest absolute Gasteiger partial charge is 0.191 e. The molecular formula is C17H31NO3Si. The molecule has 0 bridgehead atoms. The lowest BCUT2D eigenvalue weighted by atomic mass is 9.71. The summed E-state index contributed by atoms with van der Waals surface area (Å²) in [4.78, 5) is 0. The first-order chi connectivity index (χ1) is 10.1. The van der Waals surface area contributed by atoms with Gasteiger partial charge in [0.2, 0.25) is 0 Å². The molecule has 0 aromatic heterocycles. The Hall–Kier alpha value is -0.413. The summed E-state index contributed by atoms with van der Waals surface area (Å²) in [5, 5.41) is 9.90. The van der Waals surface area contributed by atoms with Crippen LogP contribution in [0.5, 0.6) is 0 Å². The molecule has 0 amide bonds. The number of rotatable bonds is 4. The Labute approximate surface area is 136 Å². The molecule has 0 aromatic carbocycles. The van der Waals surface area contributed by atoms with Crippen molar-refractivity contribution in [3.05, 3.63) is 0 Å². The molecule has 1 aliphatic heterocycles. The Morgan fingerprint density at radius 3 is 2.09 bits per heavy atom. The molecule has 126 valence electrons. The summed E-state index contributed by atoms with van der Waals surface area (Å²) in [6, 6.07) is 2.57. The van der Waals surface area contributed by atoms with Crippen LogP contribution in [-0.2, 0) is 13.9 Å². The van der Waals surface area contributed by atoms with E-state index in [0.29, 0.717) is 19.8 Å². The van der Waals surface area contributed by atoms with Crippen molar-refractivity contribution in [2.24, 2.45) is 5.41 Å². The summed E-state index contributed by atoms with van der Waals surface area (Å²) in [5.74, 6) is -0.388. The first-order valence-electron chi connectivity index (χ1n) is 8.47. The van der Waals surface area contributed by atoms with E-state index in [-0.39, 0.29) is 16.2 Å². The molecule has 0 N–H and O–H groups in total. The SMILES string of the molecule is CC(C)(C)[Si](C)(C)OCCC1(C#N)CCC2(CC1)OCCO2. The molecule has 0 radical (unpaired) electrons. The van der Waals surface area contributed by atoms with Gasteiger partial charge in [-0.15, -0.1) is 0 Å². The lowest BCUT2D eigenvalue weighted by Gasteiger charge is -2.41. The zero-order valence-corrected chi connectivity index (χ0v) is 15.8. The Bertz CT molecular complexity index is 420. The number of nitriles is 1. The third-order valence-electron chi connectivity index (χ3n) is 5.87. The molecule has 1 aliphatic carbocycles. The second-order valence-electron chi connectivity index (χ2n) is 8.36. The van der Waals surface area contributed by atoms with E-state index in [4.69, 9.17) is 13.9 Å².